The van der Waals surface area contributed by atoms with Crippen molar-refractivity contribution in [2.45, 2.75) is 12.5 Å². The summed E-state index contributed by atoms with van der Waals surface area (Å²) < 4.78 is 0.949. The van der Waals surface area contributed by atoms with E-state index in [9.17, 15) is 0 Å². The summed E-state index contributed by atoms with van der Waals surface area (Å²) in [5, 5.41) is 3.69. The smallest absolute Gasteiger partial charge is 0.0943 e. The van der Waals surface area contributed by atoms with Crippen molar-refractivity contribution in [3.8, 4) is 0 Å². The Morgan fingerprint density at radius 3 is 2.88 bits per heavy atom. The van der Waals surface area contributed by atoms with Gasteiger partial charge in [-0.15, -0.1) is 11.3 Å². The average Bonchev–Trinajstić information content (AvgIpc) is 2.68. The van der Waals surface area contributed by atoms with Gasteiger partial charge in [0.05, 0.1) is 5.01 Å². The molecule has 0 fully saturated rings. The number of hydrogen-bond acceptors (Lipinski definition) is 3. The van der Waals surface area contributed by atoms with E-state index in [0.29, 0.717) is 5.02 Å². The topological polar surface area (TPSA) is 38.9 Å². The highest BCUT2D eigenvalue weighted by atomic mass is 79.9. The normalized spacial score (nSPS) is 12.7. The molecular weight excluding hydrogens is 308 g/mol. The van der Waals surface area contributed by atoms with Crippen molar-refractivity contribution in [3.05, 3.63) is 49.8 Å². The lowest BCUT2D eigenvalue weighted by Gasteiger charge is -2.11. The van der Waals surface area contributed by atoms with E-state index in [4.69, 9.17) is 17.3 Å². The molecule has 2 aromatic rings. The summed E-state index contributed by atoms with van der Waals surface area (Å²) in [6.07, 6.45) is 2.53. The Balaban J connectivity index is 2.17. The minimum atomic E-state index is -0.0684. The molecule has 0 radical (unpaired) electrons. The molecule has 1 heterocycles. The van der Waals surface area contributed by atoms with Crippen LogP contribution in [0.15, 0.2) is 34.2 Å². The summed E-state index contributed by atoms with van der Waals surface area (Å²) in [6.45, 7) is 0. The highest BCUT2D eigenvalue weighted by molar-refractivity contribution is 9.10. The van der Waals surface area contributed by atoms with Crippen LogP contribution in [0.1, 0.15) is 16.6 Å². The third-order valence-electron chi connectivity index (χ3n) is 2.19. The van der Waals surface area contributed by atoms with Crippen LogP contribution in [-0.4, -0.2) is 4.98 Å². The van der Waals surface area contributed by atoms with Crippen LogP contribution in [0, 0.1) is 0 Å². The van der Waals surface area contributed by atoms with E-state index in [1.807, 2.05) is 23.6 Å². The molecule has 2 nitrogen and oxygen atoms in total. The number of nitrogens with two attached hydrogens (primary N) is 1. The summed E-state index contributed by atoms with van der Waals surface area (Å²) in [4.78, 5) is 4.22. The molecule has 0 amide bonds. The molecule has 0 aliphatic carbocycles. The molecule has 0 spiro atoms. The van der Waals surface area contributed by atoms with Crippen molar-refractivity contribution in [3.63, 3.8) is 0 Å². The van der Waals surface area contributed by atoms with E-state index in [0.717, 1.165) is 21.5 Å². The van der Waals surface area contributed by atoms with Gasteiger partial charge in [0.25, 0.3) is 0 Å². The van der Waals surface area contributed by atoms with E-state index in [1.54, 1.807) is 17.5 Å². The number of nitrogens with zero attached hydrogens (tertiary/aromatic N) is 1. The molecule has 16 heavy (non-hydrogen) atoms. The first kappa shape index (κ1) is 12.0. The standard InChI is InChI=1S/C11H10BrClN2S/c12-8-3-7(4-9(13)5-8)10(14)6-11-15-1-2-16-11/h1-5,10H,6,14H2. The van der Waals surface area contributed by atoms with Gasteiger partial charge < -0.3 is 5.73 Å². The molecular formula is C11H10BrClN2S. The zero-order chi connectivity index (χ0) is 11.5. The monoisotopic (exact) mass is 316 g/mol. The van der Waals surface area contributed by atoms with Crippen molar-refractivity contribution in [1.82, 2.24) is 4.98 Å². The maximum Gasteiger partial charge on any atom is 0.0943 e. The molecule has 0 aliphatic heterocycles. The van der Waals surface area contributed by atoms with Gasteiger partial charge in [0.2, 0.25) is 0 Å². The Bertz CT molecular complexity index is 453. The van der Waals surface area contributed by atoms with Gasteiger partial charge in [-0.25, -0.2) is 4.98 Å². The second-order valence-electron chi connectivity index (χ2n) is 3.44. The van der Waals surface area contributed by atoms with Crippen LogP contribution in [0.2, 0.25) is 5.02 Å². The molecule has 1 unspecified atom stereocenters. The fourth-order valence-electron chi connectivity index (χ4n) is 1.45. The molecule has 5 heteroatoms. The number of benzene rings is 1. The van der Waals surface area contributed by atoms with Gasteiger partial charge in [-0.1, -0.05) is 27.5 Å². The Morgan fingerprint density at radius 1 is 1.44 bits per heavy atom. The van der Waals surface area contributed by atoms with Gasteiger partial charge in [-0.3, -0.25) is 0 Å². The van der Waals surface area contributed by atoms with E-state index < -0.39 is 0 Å². The summed E-state index contributed by atoms with van der Waals surface area (Å²) in [5.41, 5.74) is 7.13. The Labute approximate surface area is 112 Å². The van der Waals surface area contributed by atoms with Crippen LogP contribution in [-0.2, 0) is 6.42 Å². The predicted molar refractivity (Wildman–Crippen MR) is 71.9 cm³/mol. The zero-order valence-electron chi connectivity index (χ0n) is 8.36. The first-order valence-corrected chi connectivity index (χ1v) is 6.80. The summed E-state index contributed by atoms with van der Waals surface area (Å²) in [7, 11) is 0. The van der Waals surface area contributed by atoms with Crippen LogP contribution >= 0.6 is 38.9 Å². The molecule has 2 rings (SSSR count). The van der Waals surface area contributed by atoms with Crippen molar-refractivity contribution < 1.29 is 0 Å². The van der Waals surface area contributed by atoms with E-state index in [-0.39, 0.29) is 6.04 Å². The van der Waals surface area contributed by atoms with Gasteiger partial charge in [0.1, 0.15) is 0 Å². The predicted octanol–water partition coefficient (Wildman–Crippen LogP) is 3.80. The lowest BCUT2D eigenvalue weighted by atomic mass is 10.1. The Morgan fingerprint density at radius 2 is 2.25 bits per heavy atom. The number of thiazole rings is 1. The third-order valence-corrected chi connectivity index (χ3v) is 3.67. The van der Waals surface area contributed by atoms with E-state index >= 15 is 0 Å². The molecule has 0 saturated heterocycles. The number of rotatable bonds is 3. The molecule has 1 aromatic heterocycles. The SMILES string of the molecule is NC(Cc1nccs1)c1cc(Cl)cc(Br)c1. The van der Waals surface area contributed by atoms with Gasteiger partial charge in [-0.2, -0.15) is 0 Å². The number of aromatic nitrogens is 1. The summed E-state index contributed by atoms with van der Waals surface area (Å²) in [6, 6.07) is 5.66. The van der Waals surface area contributed by atoms with Gasteiger partial charge in [-0.05, 0) is 23.8 Å². The van der Waals surface area contributed by atoms with Gasteiger partial charge in [0, 0.05) is 33.5 Å². The second kappa shape index (κ2) is 5.27. The third kappa shape index (κ3) is 3.04. The Kier molecular flexibility index (Phi) is 3.97. The van der Waals surface area contributed by atoms with Gasteiger partial charge in [0.15, 0.2) is 0 Å². The Hall–Kier alpha value is -0.420. The van der Waals surface area contributed by atoms with Crippen molar-refractivity contribution >= 4 is 38.9 Å². The first-order valence-electron chi connectivity index (χ1n) is 4.75. The lowest BCUT2D eigenvalue weighted by Crippen LogP contribution is -2.13. The zero-order valence-corrected chi connectivity index (χ0v) is 11.5. The maximum atomic E-state index is 6.11. The fraction of sp³-hybridized carbons (Fsp3) is 0.182. The van der Waals surface area contributed by atoms with Crippen molar-refractivity contribution in [2.24, 2.45) is 5.73 Å². The second-order valence-corrected chi connectivity index (χ2v) is 5.77. The van der Waals surface area contributed by atoms with Crippen LogP contribution in [0.25, 0.3) is 0 Å². The molecule has 1 atom stereocenters. The highest BCUT2D eigenvalue weighted by Crippen LogP contribution is 2.25. The van der Waals surface area contributed by atoms with Crippen molar-refractivity contribution in [1.29, 1.82) is 0 Å². The van der Waals surface area contributed by atoms with Crippen molar-refractivity contribution in [2.75, 3.05) is 0 Å². The quantitative estimate of drug-likeness (QED) is 0.935. The van der Waals surface area contributed by atoms with Crippen LogP contribution in [0.3, 0.4) is 0 Å². The van der Waals surface area contributed by atoms with E-state index in [1.165, 1.54) is 0 Å². The number of hydrogen-bond donors (Lipinski definition) is 1. The summed E-state index contributed by atoms with van der Waals surface area (Å²) in [5.74, 6) is 0. The molecule has 2 N–H and O–H groups in total. The summed E-state index contributed by atoms with van der Waals surface area (Å²) >= 11 is 11.0. The molecule has 1 aromatic carbocycles. The lowest BCUT2D eigenvalue weighted by molar-refractivity contribution is 0.717. The van der Waals surface area contributed by atoms with E-state index in [2.05, 4.69) is 20.9 Å². The minimum absolute atomic E-state index is 0.0684. The highest BCUT2D eigenvalue weighted by Gasteiger charge is 2.10. The van der Waals surface area contributed by atoms with Crippen LogP contribution < -0.4 is 5.73 Å². The average molecular weight is 318 g/mol. The molecule has 0 aliphatic rings. The minimum Gasteiger partial charge on any atom is -0.324 e. The number of halogens is 2. The molecule has 0 saturated carbocycles. The molecule has 84 valence electrons. The van der Waals surface area contributed by atoms with Gasteiger partial charge >= 0.3 is 0 Å². The first-order chi connectivity index (χ1) is 7.65. The maximum absolute atomic E-state index is 6.11. The largest absolute Gasteiger partial charge is 0.324 e. The van der Waals surface area contributed by atoms with Crippen LogP contribution in [0.4, 0.5) is 0 Å². The van der Waals surface area contributed by atoms with Crippen LogP contribution in [0.5, 0.6) is 0 Å². The molecule has 0 bridgehead atoms. The fourth-order valence-corrected chi connectivity index (χ4v) is 3.01.